The molecule has 1 rings (SSSR count). The highest BCUT2D eigenvalue weighted by atomic mass is 16.7. The molecule has 1 aliphatic rings. The molecule has 0 aromatic rings. The average Bonchev–Trinajstić information content (AvgIpc) is 2.15. The summed E-state index contributed by atoms with van der Waals surface area (Å²) in [4.78, 5) is 0. The van der Waals surface area contributed by atoms with Crippen LogP contribution in [0.4, 0.5) is 0 Å². The molecule has 1 fully saturated rings. The first kappa shape index (κ1) is 10.7. The molecule has 0 aromatic carbocycles. The summed E-state index contributed by atoms with van der Waals surface area (Å²) in [5, 5.41) is 9.45. The molecule has 0 bridgehead atoms. The third-order valence-corrected chi connectivity index (χ3v) is 2.14. The quantitative estimate of drug-likeness (QED) is 0.676. The van der Waals surface area contributed by atoms with Crippen molar-refractivity contribution in [2.24, 2.45) is 0 Å². The molecule has 0 unspecified atom stereocenters. The molecule has 3 heteroatoms. The Kier molecular flexibility index (Phi) is 4.42. The Balaban J connectivity index is 2.13. The first-order valence-electron chi connectivity index (χ1n) is 4.77. The standard InChI is InChI=1S/C10H18O3/c1-8(2)9(11)4-5-10-12-6-3-7-13-10/h9-11H,1,3-7H2,2H3/t9-/m0/s1. The molecule has 1 N–H and O–H groups in total. The Bertz CT molecular complexity index is 162. The van der Waals surface area contributed by atoms with E-state index in [-0.39, 0.29) is 6.29 Å². The topological polar surface area (TPSA) is 38.7 Å². The SMILES string of the molecule is C=C(C)[C@@H](O)CCC1OCCCO1. The lowest BCUT2D eigenvalue weighted by Crippen LogP contribution is -2.26. The number of rotatable bonds is 4. The molecule has 1 atom stereocenters. The van der Waals surface area contributed by atoms with Crippen molar-refractivity contribution in [1.29, 1.82) is 0 Å². The van der Waals surface area contributed by atoms with Crippen molar-refractivity contribution in [3.63, 3.8) is 0 Å². The van der Waals surface area contributed by atoms with Gasteiger partial charge in [-0.25, -0.2) is 0 Å². The summed E-state index contributed by atoms with van der Waals surface area (Å²) < 4.78 is 10.7. The van der Waals surface area contributed by atoms with Crippen LogP contribution in [0.5, 0.6) is 0 Å². The second-order valence-electron chi connectivity index (χ2n) is 3.46. The molecule has 1 aliphatic heterocycles. The van der Waals surface area contributed by atoms with E-state index in [4.69, 9.17) is 9.47 Å². The van der Waals surface area contributed by atoms with Crippen LogP contribution in [0, 0.1) is 0 Å². The van der Waals surface area contributed by atoms with Gasteiger partial charge in [-0.05, 0) is 19.8 Å². The first-order valence-corrected chi connectivity index (χ1v) is 4.77. The van der Waals surface area contributed by atoms with E-state index in [0.717, 1.165) is 31.6 Å². The van der Waals surface area contributed by atoms with Crippen molar-refractivity contribution in [3.05, 3.63) is 12.2 Å². The molecule has 1 saturated heterocycles. The van der Waals surface area contributed by atoms with Crippen LogP contribution < -0.4 is 0 Å². The maximum Gasteiger partial charge on any atom is 0.157 e. The van der Waals surface area contributed by atoms with E-state index in [1.54, 1.807) is 0 Å². The van der Waals surface area contributed by atoms with Gasteiger partial charge in [-0.2, -0.15) is 0 Å². The van der Waals surface area contributed by atoms with Crippen molar-refractivity contribution in [3.8, 4) is 0 Å². The Morgan fingerprint density at radius 3 is 2.69 bits per heavy atom. The molecule has 13 heavy (non-hydrogen) atoms. The predicted molar refractivity (Wildman–Crippen MR) is 50.4 cm³/mol. The van der Waals surface area contributed by atoms with E-state index in [9.17, 15) is 5.11 Å². The second-order valence-corrected chi connectivity index (χ2v) is 3.46. The first-order chi connectivity index (χ1) is 6.20. The molecule has 0 amide bonds. The van der Waals surface area contributed by atoms with Crippen LogP contribution in [-0.4, -0.2) is 30.7 Å². The summed E-state index contributed by atoms with van der Waals surface area (Å²) in [5.74, 6) is 0. The molecule has 0 radical (unpaired) electrons. The summed E-state index contributed by atoms with van der Waals surface area (Å²) in [6.45, 7) is 7.06. The maximum absolute atomic E-state index is 9.45. The van der Waals surface area contributed by atoms with E-state index >= 15 is 0 Å². The van der Waals surface area contributed by atoms with Gasteiger partial charge >= 0.3 is 0 Å². The third-order valence-electron chi connectivity index (χ3n) is 2.14. The van der Waals surface area contributed by atoms with Crippen LogP contribution in [0.1, 0.15) is 26.2 Å². The Morgan fingerprint density at radius 2 is 2.15 bits per heavy atom. The van der Waals surface area contributed by atoms with Gasteiger partial charge in [0.1, 0.15) is 0 Å². The minimum Gasteiger partial charge on any atom is -0.389 e. The van der Waals surface area contributed by atoms with Crippen molar-refractivity contribution >= 4 is 0 Å². The van der Waals surface area contributed by atoms with Crippen molar-refractivity contribution in [1.82, 2.24) is 0 Å². The second kappa shape index (κ2) is 5.37. The van der Waals surface area contributed by atoms with E-state index in [1.807, 2.05) is 6.92 Å². The third kappa shape index (κ3) is 3.89. The van der Waals surface area contributed by atoms with Crippen LogP contribution in [0.3, 0.4) is 0 Å². The molecule has 1 heterocycles. The van der Waals surface area contributed by atoms with Crippen LogP contribution in [0.15, 0.2) is 12.2 Å². The van der Waals surface area contributed by atoms with Gasteiger partial charge in [-0.3, -0.25) is 0 Å². The molecule has 3 nitrogen and oxygen atoms in total. The fourth-order valence-corrected chi connectivity index (χ4v) is 1.24. The number of hydrogen-bond acceptors (Lipinski definition) is 3. The Morgan fingerprint density at radius 1 is 1.54 bits per heavy atom. The van der Waals surface area contributed by atoms with Gasteiger partial charge in [0.15, 0.2) is 6.29 Å². The van der Waals surface area contributed by atoms with Gasteiger partial charge in [0, 0.05) is 6.42 Å². The van der Waals surface area contributed by atoms with Crippen LogP contribution in [0.25, 0.3) is 0 Å². The van der Waals surface area contributed by atoms with Gasteiger partial charge in [-0.15, -0.1) is 0 Å². The molecule has 0 spiro atoms. The van der Waals surface area contributed by atoms with Gasteiger partial charge in [0.05, 0.1) is 19.3 Å². The number of aliphatic hydroxyl groups excluding tert-OH is 1. The summed E-state index contributed by atoms with van der Waals surface area (Å²) >= 11 is 0. The fourth-order valence-electron chi connectivity index (χ4n) is 1.24. The zero-order chi connectivity index (χ0) is 9.68. The zero-order valence-electron chi connectivity index (χ0n) is 8.16. The summed E-state index contributed by atoms with van der Waals surface area (Å²) in [6, 6.07) is 0. The van der Waals surface area contributed by atoms with Crippen molar-refractivity contribution in [2.75, 3.05) is 13.2 Å². The summed E-state index contributed by atoms with van der Waals surface area (Å²) in [7, 11) is 0. The minimum absolute atomic E-state index is 0.122. The largest absolute Gasteiger partial charge is 0.389 e. The number of hydrogen-bond donors (Lipinski definition) is 1. The number of ether oxygens (including phenoxy) is 2. The smallest absolute Gasteiger partial charge is 0.157 e. The molecular formula is C10H18O3. The fraction of sp³-hybridized carbons (Fsp3) is 0.800. The van der Waals surface area contributed by atoms with E-state index < -0.39 is 6.10 Å². The predicted octanol–water partition coefficient (Wildman–Crippen LogP) is 1.47. The Labute approximate surface area is 79.3 Å². The highest BCUT2D eigenvalue weighted by Crippen LogP contribution is 2.14. The van der Waals surface area contributed by atoms with Crippen LogP contribution in [-0.2, 0) is 9.47 Å². The molecular weight excluding hydrogens is 168 g/mol. The molecule has 76 valence electrons. The lowest BCUT2D eigenvalue weighted by Gasteiger charge is -2.24. The van der Waals surface area contributed by atoms with Crippen LogP contribution in [0.2, 0.25) is 0 Å². The lowest BCUT2D eigenvalue weighted by molar-refractivity contribution is -0.183. The normalized spacial score (nSPS) is 21.4. The summed E-state index contributed by atoms with van der Waals surface area (Å²) in [5.41, 5.74) is 0.802. The highest BCUT2D eigenvalue weighted by molar-refractivity contribution is 4.96. The maximum atomic E-state index is 9.45. The molecule has 0 aromatic heterocycles. The molecule has 0 aliphatic carbocycles. The minimum atomic E-state index is -0.422. The van der Waals surface area contributed by atoms with Gasteiger partial charge in [0.25, 0.3) is 0 Å². The molecule has 0 saturated carbocycles. The van der Waals surface area contributed by atoms with Crippen LogP contribution >= 0.6 is 0 Å². The van der Waals surface area contributed by atoms with E-state index in [0.29, 0.717) is 6.42 Å². The average molecular weight is 186 g/mol. The zero-order valence-corrected chi connectivity index (χ0v) is 8.16. The van der Waals surface area contributed by atoms with E-state index in [1.165, 1.54) is 0 Å². The van der Waals surface area contributed by atoms with E-state index in [2.05, 4.69) is 6.58 Å². The van der Waals surface area contributed by atoms with Gasteiger partial charge < -0.3 is 14.6 Å². The monoisotopic (exact) mass is 186 g/mol. The highest BCUT2D eigenvalue weighted by Gasteiger charge is 2.15. The summed E-state index contributed by atoms with van der Waals surface area (Å²) in [6.07, 6.45) is 1.84. The number of aliphatic hydroxyl groups is 1. The lowest BCUT2D eigenvalue weighted by atomic mass is 10.1. The Hall–Kier alpha value is -0.380. The van der Waals surface area contributed by atoms with Crippen molar-refractivity contribution < 1.29 is 14.6 Å². The van der Waals surface area contributed by atoms with Crippen molar-refractivity contribution in [2.45, 2.75) is 38.6 Å². The van der Waals surface area contributed by atoms with Gasteiger partial charge in [0.2, 0.25) is 0 Å². The van der Waals surface area contributed by atoms with Gasteiger partial charge in [-0.1, -0.05) is 12.2 Å².